The molecule has 0 aliphatic carbocycles. The van der Waals surface area contributed by atoms with E-state index in [1.54, 1.807) is 0 Å². The molecule has 0 aromatic rings. The molecule has 1 saturated heterocycles. The van der Waals surface area contributed by atoms with Crippen molar-refractivity contribution in [3.05, 3.63) is 0 Å². The van der Waals surface area contributed by atoms with Crippen LogP contribution in [0.4, 0.5) is 13.2 Å². The van der Waals surface area contributed by atoms with Gasteiger partial charge in [0.05, 0.1) is 0 Å². The zero-order chi connectivity index (χ0) is 9.03. The molecule has 0 bridgehead atoms. The van der Waals surface area contributed by atoms with Gasteiger partial charge in [-0.15, -0.1) is 0 Å². The van der Waals surface area contributed by atoms with Crippen LogP contribution in [-0.2, 0) is 0 Å². The Kier molecular flexibility index (Phi) is 3.38. The van der Waals surface area contributed by atoms with Crippen LogP contribution in [0.1, 0.15) is 25.7 Å². The number of hydrogen-bond donors (Lipinski definition) is 0. The van der Waals surface area contributed by atoms with Gasteiger partial charge in [0.15, 0.2) is 0 Å². The lowest BCUT2D eigenvalue weighted by Crippen LogP contribution is -2.22. The Balaban J connectivity index is 2.02. The Morgan fingerprint density at radius 3 is 2.17 bits per heavy atom. The average molecular weight is 181 g/mol. The Morgan fingerprint density at radius 1 is 1.08 bits per heavy atom. The molecule has 0 saturated carbocycles. The number of rotatable bonds is 3. The first-order valence-electron chi connectivity index (χ1n) is 4.37. The van der Waals surface area contributed by atoms with Crippen LogP contribution in [0.3, 0.4) is 0 Å². The normalized spacial score (nSPS) is 20.2. The fourth-order valence-electron chi connectivity index (χ4n) is 1.51. The second-order valence-corrected chi connectivity index (χ2v) is 3.27. The highest BCUT2D eigenvalue weighted by molar-refractivity contribution is 4.66. The minimum atomic E-state index is -3.97. The van der Waals surface area contributed by atoms with Crippen molar-refractivity contribution in [2.24, 2.45) is 0 Å². The van der Waals surface area contributed by atoms with Crippen molar-refractivity contribution >= 4 is 0 Å². The maximum Gasteiger partial charge on any atom is 0.389 e. The van der Waals surface area contributed by atoms with Gasteiger partial charge in [-0.3, -0.25) is 0 Å². The number of alkyl halides is 3. The molecule has 0 atom stereocenters. The predicted molar refractivity (Wildman–Crippen MR) is 41.0 cm³/mol. The molecular formula is C8H14F3N. The van der Waals surface area contributed by atoms with E-state index in [2.05, 4.69) is 4.90 Å². The molecule has 1 aliphatic rings. The lowest BCUT2D eigenvalue weighted by molar-refractivity contribution is -0.136. The van der Waals surface area contributed by atoms with E-state index >= 15 is 0 Å². The first-order valence-corrected chi connectivity index (χ1v) is 4.37. The van der Waals surface area contributed by atoms with E-state index in [0.29, 0.717) is 6.54 Å². The molecule has 0 spiro atoms. The third-order valence-corrected chi connectivity index (χ3v) is 2.13. The topological polar surface area (TPSA) is 3.24 Å². The van der Waals surface area contributed by atoms with Crippen molar-refractivity contribution in [1.82, 2.24) is 4.90 Å². The zero-order valence-electron chi connectivity index (χ0n) is 7.03. The standard InChI is InChI=1S/C8H14F3N/c9-8(10,11)4-3-7-12-5-1-2-6-12/h1-7H2. The van der Waals surface area contributed by atoms with Gasteiger partial charge in [-0.2, -0.15) is 13.2 Å². The minimum Gasteiger partial charge on any atom is -0.303 e. The van der Waals surface area contributed by atoms with Gasteiger partial charge >= 0.3 is 6.18 Å². The molecule has 1 aliphatic heterocycles. The van der Waals surface area contributed by atoms with Crippen LogP contribution in [-0.4, -0.2) is 30.7 Å². The first kappa shape index (κ1) is 9.84. The summed E-state index contributed by atoms with van der Waals surface area (Å²) < 4.78 is 35.1. The fourth-order valence-corrected chi connectivity index (χ4v) is 1.51. The number of halogens is 3. The third-order valence-electron chi connectivity index (χ3n) is 2.13. The lowest BCUT2D eigenvalue weighted by Gasteiger charge is -2.14. The number of likely N-dealkylation sites (tertiary alicyclic amines) is 1. The highest BCUT2D eigenvalue weighted by Crippen LogP contribution is 2.21. The largest absolute Gasteiger partial charge is 0.389 e. The maximum atomic E-state index is 11.7. The fraction of sp³-hybridized carbons (Fsp3) is 1.00. The zero-order valence-corrected chi connectivity index (χ0v) is 7.03. The second-order valence-electron chi connectivity index (χ2n) is 3.27. The highest BCUT2D eigenvalue weighted by atomic mass is 19.4. The molecule has 72 valence electrons. The number of hydrogen-bond acceptors (Lipinski definition) is 1. The van der Waals surface area contributed by atoms with Crippen molar-refractivity contribution in [2.45, 2.75) is 31.9 Å². The molecule has 4 heteroatoms. The third kappa shape index (κ3) is 3.95. The molecular weight excluding hydrogens is 167 g/mol. The van der Waals surface area contributed by atoms with E-state index < -0.39 is 12.6 Å². The van der Waals surface area contributed by atoms with E-state index in [1.165, 1.54) is 0 Å². The summed E-state index contributed by atoms with van der Waals surface area (Å²) in [5.41, 5.74) is 0. The summed E-state index contributed by atoms with van der Waals surface area (Å²) in [6, 6.07) is 0. The smallest absolute Gasteiger partial charge is 0.303 e. The molecule has 0 aromatic heterocycles. The van der Waals surface area contributed by atoms with E-state index in [4.69, 9.17) is 0 Å². The Hall–Kier alpha value is -0.250. The Morgan fingerprint density at radius 2 is 1.67 bits per heavy atom. The van der Waals surface area contributed by atoms with Gasteiger partial charge in [0.1, 0.15) is 0 Å². The van der Waals surface area contributed by atoms with E-state index in [1.807, 2.05) is 0 Å². The molecule has 1 nitrogen and oxygen atoms in total. The summed E-state index contributed by atoms with van der Waals surface area (Å²) >= 11 is 0. The number of nitrogens with zero attached hydrogens (tertiary/aromatic N) is 1. The molecule has 0 radical (unpaired) electrons. The summed E-state index contributed by atoms with van der Waals surface area (Å²) in [5, 5.41) is 0. The molecule has 1 rings (SSSR count). The van der Waals surface area contributed by atoms with Crippen LogP contribution in [0.25, 0.3) is 0 Å². The molecule has 0 unspecified atom stereocenters. The van der Waals surface area contributed by atoms with Crippen molar-refractivity contribution < 1.29 is 13.2 Å². The maximum absolute atomic E-state index is 11.7. The van der Waals surface area contributed by atoms with Crippen LogP contribution >= 0.6 is 0 Å². The van der Waals surface area contributed by atoms with Crippen LogP contribution in [0, 0.1) is 0 Å². The van der Waals surface area contributed by atoms with Gasteiger partial charge in [0.2, 0.25) is 0 Å². The van der Waals surface area contributed by atoms with Gasteiger partial charge in [0.25, 0.3) is 0 Å². The second kappa shape index (κ2) is 4.12. The van der Waals surface area contributed by atoms with Crippen molar-refractivity contribution in [2.75, 3.05) is 19.6 Å². The van der Waals surface area contributed by atoms with Crippen molar-refractivity contribution in [1.29, 1.82) is 0 Å². The van der Waals surface area contributed by atoms with Crippen LogP contribution in [0.15, 0.2) is 0 Å². The van der Waals surface area contributed by atoms with Gasteiger partial charge in [-0.25, -0.2) is 0 Å². The first-order chi connectivity index (χ1) is 5.58. The average Bonchev–Trinajstić information content (AvgIpc) is 2.36. The van der Waals surface area contributed by atoms with Crippen LogP contribution in [0.2, 0.25) is 0 Å². The van der Waals surface area contributed by atoms with E-state index in [-0.39, 0.29) is 6.42 Å². The summed E-state index contributed by atoms with van der Waals surface area (Å²) in [5.74, 6) is 0. The van der Waals surface area contributed by atoms with Crippen molar-refractivity contribution in [3.63, 3.8) is 0 Å². The predicted octanol–water partition coefficient (Wildman–Crippen LogP) is 2.42. The van der Waals surface area contributed by atoms with Gasteiger partial charge in [-0.05, 0) is 38.9 Å². The molecule has 1 fully saturated rings. The summed E-state index contributed by atoms with van der Waals surface area (Å²) in [4.78, 5) is 2.10. The monoisotopic (exact) mass is 181 g/mol. The van der Waals surface area contributed by atoms with Crippen LogP contribution in [0.5, 0.6) is 0 Å². The lowest BCUT2D eigenvalue weighted by atomic mass is 10.3. The van der Waals surface area contributed by atoms with Crippen LogP contribution < -0.4 is 0 Å². The molecule has 0 amide bonds. The quantitative estimate of drug-likeness (QED) is 0.646. The SMILES string of the molecule is FC(F)(F)CCCN1CCCC1. The van der Waals surface area contributed by atoms with Gasteiger partial charge in [-0.1, -0.05) is 0 Å². The minimum absolute atomic E-state index is 0.253. The summed E-state index contributed by atoms with van der Waals surface area (Å²) in [7, 11) is 0. The summed E-state index contributed by atoms with van der Waals surface area (Å²) in [6.07, 6.45) is -2.06. The van der Waals surface area contributed by atoms with E-state index in [0.717, 1.165) is 25.9 Å². The Labute approximate surface area is 70.5 Å². The van der Waals surface area contributed by atoms with Crippen molar-refractivity contribution in [3.8, 4) is 0 Å². The van der Waals surface area contributed by atoms with Gasteiger partial charge in [0, 0.05) is 6.42 Å². The van der Waals surface area contributed by atoms with E-state index in [9.17, 15) is 13.2 Å². The molecule has 1 heterocycles. The summed E-state index contributed by atoms with van der Waals surface area (Å²) in [6.45, 7) is 2.58. The molecule has 12 heavy (non-hydrogen) atoms. The molecule has 0 N–H and O–H groups in total. The Bertz CT molecular complexity index is 127. The highest BCUT2D eigenvalue weighted by Gasteiger charge is 2.26. The van der Waals surface area contributed by atoms with Gasteiger partial charge < -0.3 is 4.90 Å². The molecule has 0 aromatic carbocycles.